The van der Waals surface area contributed by atoms with Crippen LogP contribution in [-0.4, -0.2) is 38.5 Å². The number of rotatable bonds is 7. The molecule has 0 spiro atoms. The molecular weight excluding hydrogens is 402 g/mol. The molecule has 2 rings (SSSR count). The number of nitrogens with zero attached hydrogens (tertiary/aromatic N) is 1. The van der Waals surface area contributed by atoms with E-state index < -0.39 is 17.5 Å². The number of esters is 2. The predicted molar refractivity (Wildman–Crippen MR) is 101 cm³/mol. The van der Waals surface area contributed by atoms with Crippen molar-refractivity contribution in [3.8, 4) is 5.75 Å². The van der Waals surface area contributed by atoms with Gasteiger partial charge < -0.3 is 14.2 Å². The van der Waals surface area contributed by atoms with Crippen molar-refractivity contribution in [2.45, 2.75) is 19.4 Å². The van der Waals surface area contributed by atoms with Crippen LogP contribution in [0.4, 0.5) is 0 Å². The second kappa shape index (κ2) is 8.80. The van der Waals surface area contributed by atoms with Crippen LogP contribution < -0.4 is 4.74 Å². The molecule has 0 amide bonds. The van der Waals surface area contributed by atoms with Crippen LogP contribution in [0, 0.1) is 0 Å². The van der Waals surface area contributed by atoms with Gasteiger partial charge in [-0.15, -0.1) is 0 Å². The average molecular weight is 422 g/mol. The Bertz CT molecular complexity index is 750. The number of hydrogen-bond acceptors (Lipinski definition) is 6. The molecule has 1 unspecified atom stereocenters. The van der Waals surface area contributed by atoms with Gasteiger partial charge in [-0.1, -0.05) is 6.07 Å². The first-order valence-electron chi connectivity index (χ1n) is 8.11. The van der Waals surface area contributed by atoms with Gasteiger partial charge in [0.2, 0.25) is 0 Å². The Balaban J connectivity index is 2.55. The van der Waals surface area contributed by atoms with E-state index in [1.54, 1.807) is 45.4 Å². The van der Waals surface area contributed by atoms with E-state index in [2.05, 4.69) is 20.9 Å². The largest absolute Gasteiger partial charge is 0.496 e. The summed E-state index contributed by atoms with van der Waals surface area (Å²) in [6, 6.07) is 5.43. The van der Waals surface area contributed by atoms with Gasteiger partial charge in [0.1, 0.15) is 16.9 Å². The molecule has 1 atom stereocenters. The minimum atomic E-state index is -1.01. The summed E-state index contributed by atoms with van der Waals surface area (Å²) < 4.78 is 16.0. The van der Waals surface area contributed by atoms with Gasteiger partial charge >= 0.3 is 11.9 Å². The Morgan fingerprint density at radius 3 is 2.31 bits per heavy atom. The lowest BCUT2D eigenvalue weighted by Crippen LogP contribution is -2.24. The van der Waals surface area contributed by atoms with Crippen LogP contribution in [0.2, 0.25) is 0 Å². The number of allylic oxidation sites excluding steroid dienone is 1. The highest BCUT2D eigenvalue weighted by Gasteiger charge is 2.33. The maximum absolute atomic E-state index is 12.3. The highest BCUT2D eigenvalue weighted by molar-refractivity contribution is 9.10. The molecule has 0 saturated carbocycles. The van der Waals surface area contributed by atoms with E-state index in [9.17, 15) is 9.59 Å². The Hall–Kier alpha value is -2.41. The van der Waals surface area contributed by atoms with E-state index in [1.807, 2.05) is 12.1 Å². The van der Waals surface area contributed by atoms with Crippen molar-refractivity contribution in [1.29, 1.82) is 0 Å². The first-order chi connectivity index (χ1) is 12.5. The number of carbonyl (C=O) groups excluding carboxylic acids is 2. The molecule has 6 nitrogen and oxygen atoms in total. The van der Waals surface area contributed by atoms with Crippen molar-refractivity contribution < 1.29 is 23.8 Å². The first-order valence-corrected chi connectivity index (χ1v) is 8.90. The highest BCUT2D eigenvalue weighted by atomic mass is 79.9. The van der Waals surface area contributed by atoms with Gasteiger partial charge in [-0.2, -0.15) is 0 Å². The molecule has 1 aromatic rings. The number of halogens is 1. The number of methoxy groups -OCH3 is 1. The van der Waals surface area contributed by atoms with Crippen LogP contribution in [0.5, 0.6) is 5.75 Å². The first kappa shape index (κ1) is 19.9. The number of carbonyl (C=O) groups is 2. The van der Waals surface area contributed by atoms with Crippen LogP contribution in [0.25, 0.3) is 0 Å². The molecular formula is C19H20BrNO5. The van der Waals surface area contributed by atoms with Crippen LogP contribution in [0.1, 0.15) is 19.4 Å². The quantitative estimate of drug-likeness (QED) is 0.292. The monoisotopic (exact) mass is 421 g/mol. The lowest BCUT2D eigenvalue weighted by Gasteiger charge is -2.23. The Morgan fingerprint density at radius 2 is 1.85 bits per heavy atom. The van der Waals surface area contributed by atoms with E-state index >= 15 is 0 Å². The number of aliphatic imine (C=N–C) groups is 1. The summed E-state index contributed by atoms with van der Waals surface area (Å²) in [5.74, 6) is -0.823. The minimum absolute atomic E-state index is 0.149. The molecule has 1 aliphatic rings. The number of ether oxygens (including phenoxy) is 3. The number of hydrogen-bond donors (Lipinski definition) is 0. The molecule has 1 heterocycles. The fourth-order valence-electron chi connectivity index (χ4n) is 2.49. The van der Waals surface area contributed by atoms with Crippen LogP contribution >= 0.6 is 15.9 Å². The molecule has 1 aliphatic heterocycles. The zero-order valence-electron chi connectivity index (χ0n) is 14.8. The van der Waals surface area contributed by atoms with E-state index in [4.69, 9.17) is 14.2 Å². The summed E-state index contributed by atoms with van der Waals surface area (Å²) in [6.07, 6.45) is 6.63. The van der Waals surface area contributed by atoms with Gasteiger partial charge in [0, 0.05) is 6.21 Å². The average Bonchev–Trinajstić information content (AvgIpc) is 3.10. The summed E-state index contributed by atoms with van der Waals surface area (Å²) in [7, 11) is 1.57. The minimum Gasteiger partial charge on any atom is -0.496 e. The molecule has 1 aromatic carbocycles. The van der Waals surface area contributed by atoms with Gasteiger partial charge in [0.25, 0.3) is 0 Å². The van der Waals surface area contributed by atoms with Crippen LogP contribution in [-0.2, 0) is 24.6 Å². The number of benzene rings is 1. The highest BCUT2D eigenvalue weighted by Crippen LogP contribution is 2.37. The van der Waals surface area contributed by atoms with E-state index in [0.717, 1.165) is 10.0 Å². The lowest BCUT2D eigenvalue weighted by molar-refractivity contribution is -0.146. The van der Waals surface area contributed by atoms with Gasteiger partial charge in [-0.3, -0.25) is 4.99 Å². The Kier molecular flexibility index (Phi) is 6.74. The lowest BCUT2D eigenvalue weighted by atomic mass is 9.88. The molecule has 0 aliphatic carbocycles. The van der Waals surface area contributed by atoms with Crippen molar-refractivity contribution in [2.75, 3.05) is 20.3 Å². The second-order valence-electron chi connectivity index (χ2n) is 5.31. The van der Waals surface area contributed by atoms with Gasteiger partial charge in [0.15, 0.2) is 0 Å². The third-order valence-electron chi connectivity index (χ3n) is 3.69. The summed E-state index contributed by atoms with van der Waals surface area (Å²) in [4.78, 5) is 29.1. The summed E-state index contributed by atoms with van der Waals surface area (Å²) in [5, 5.41) is 0. The van der Waals surface area contributed by atoms with Crippen LogP contribution in [0.15, 0.2) is 51.5 Å². The van der Waals surface area contributed by atoms with Crippen molar-refractivity contribution in [2.24, 2.45) is 4.99 Å². The SMILES string of the molecule is CCOC(=O)C(=CC1(c2ccc(OC)c(Br)c2)C=CC=N1)C(=O)OCC. The van der Waals surface area contributed by atoms with Crippen molar-refractivity contribution in [1.82, 2.24) is 0 Å². The smallest absolute Gasteiger partial charge is 0.345 e. The standard InChI is InChI=1S/C19H20BrNO5/c1-4-25-17(22)14(18(23)26-5-2)12-19(9-6-10-21-19)13-7-8-16(24-3)15(20)11-13/h6-12H,4-5H2,1-3H3. The fourth-order valence-corrected chi connectivity index (χ4v) is 3.03. The molecule has 0 N–H and O–H groups in total. The molecule has 7 heteroatoms. The molecule has 26 heavy (non-hydrogen) atoms. The van der Waals surface area contributed by atoms with Crippen molar-refractivity contribution in [3.63, 3.8) is 0 Å². The molecule has 0 radical (unpaired) electrons. The van der Waals surface area contributed by atoms with Gasteiger partial charge in [-0.05, 0) is 65.7 Å². The molecule has 0 fully saturated rings. The van der Waals surface area contributed by atoms with Gasteiger partial charge in [0.05, 0.1) is 24.8 Å². The topological polar surface area (TPSA) is 74.2 Å². The third kappa shape index (κ3) is 4.22. The van der Waals surface area contributed by atoms with Crippen LogP contribution in [0.3, 0.4) is 0 Å². The Labute approximate surface area is 160 Å². The van der Waals surface area contributed by atoms with E-state index in [1.165, 1.54) is 6.08 Å². The zero-order valence-corrected chi connectivity index (χ0v) is 16.4. The fraction of sp³-hybridized carbons (Fsp3) is 0.316. The molecule has 0 bridgehead atoms. The van der Waals surface area contributed by atoms with Crippen molar-refractivity contribution in [3.05, 3.63) is 52.0 Å². The summed E-state index contributed by atoms with van der Waals surface area (Å²) in [5.41, 5.74) is -0.450. The maximum atomic E-state index is 12.3. The van der Waals surface area contributed by atoms with Crippen molar-refractivity contribution >= 4 is 34.1 Å². The van der Waals surface area contributed by atoms with E-state index in [-0.39, 0.29) is 18.8 Å². The van der Waals surface area contributed by atoms with Gasteiger partial charge in [-0.25, -0.2) is 9.59 Å². The normalized spacial score (nSPS) is 17.7. The molecule has 138 valence electrons. The molecule has 0 aromatic heterocycles. The predicted octanol–water partition coefficient (Wildman–Crippen LogP) is 3.35. The third-order valence-corrected chi connectivity index (χ3v) is 4.31. The summed E-state index contributed by atoms with van der Waals surface area (Å²) in [6.45, 7) is 3.64. The second-order valence-corrected chi connectivity index (χ2v) is 6.17. The molecule has 0 saturated heterocycles. The summed E-state index contributed by atoms with van der Waals surface area (Å²) >= 11 is 3.45. The van der Waals surface area contributed by atoms with E-state index in [0.29, 0.717) is 5.75 Å². The Morgan fingerprint density at radius 1 is 1.19 bits per heavy atom. The maximum Gasteiger partial charge on any atom is 0.345 e. The zero-order chi connectivity index (χ0) is 19.2.